The lowest BCUT2D eigenvalue weighted by atomic mass is 9.33. The summed E-state index contributed by atoms with van der Waals surface area (Å²) in [5.74, 6) is 3.20. The van der Waals surface area contributed by atoms with Crippen molar-refractivity contribution in [2.75, 3.05) is 19.8 Å². The molecule has 5 saturated carbocycles. The second-order valence-electron chi connectivity index (χ2n) is 23.3. The number of benzene rings is 1. The van der Waals surface area contributed by atoms with Gasteiger partial charge in [0.25, 0.3) is 0 Å². The molecule has 1 aromatic carbocycles. The quantitative estimate of drug-likeness (QED) is 0.171. The van der Waals surface area contributed by atoms with Gasteiger partial charge in [-0.2, -0.15) is 0 Å². The van der Waals surface area contributed by atoms with Gasteiger partial charge in [0.05, 0.1) is 17.8 Å². The Labute approximate surface area is 369 Å². The zero-order chi connectivity index (χ0) is 43.6. The lowest BCUT2D eigenvalue weighted by molar-refractivity contribution is -0.221. The zero-order valence-corrected chi connectivity index (χ0v) is 39.4. The van der Waals surface area contributed by atoms with E-state index in [9.17, 15) is 14.7 Å². The molecule has 0 aliphatic heterocycles. The van der Waals surface area contributed by atoms with Crippen molar-refractivity contribution in [1.82, 2.24) is 5.32 Å². The predicted molar refractivity (Wildman–Crippen MR) is 246 cm³/mol. The maximum Gasteiger partial charge on any atom is 0.338 e. The first-order valence-corrected chi connectivity index (χ1v) is 24.8. The van der Waals surface area contributed by atoms with Crippen molar-refractivity contribution in [2.45, 2.75) is 176 Å². The Bertz CT molecular complexity index is 1890. The van der Waals surface area contributed by atoms with Gasteiger partial charge in [0.2, 0.25) is 0 Å². The Morgan fingerprint density at radius 3 is 2.23 bits per heavy atom. The number of ether oxygens (including phenoxy) is 2. The SMILES string of the molecule is C=C(C)[C@@H]1CC[C@]2(NCC[C@]3(O)CC[C@@H](C)CC3)CC[C@]3(C)[C@H](CC[C@@H]4[C@@]5(C)CC=C(C6=CC[C@@](COC(=O)c7ccccc7)(C(=O)OCC)CC6)C(C)(C)[C@@H]5CC[C@]43C)[C@@H]12. The summed E-state index contributed by atoms with van der Waals surface area (Å²) in [6.45, 7) is 25.6. The molecule has 0 heterocycles. The lowest BCUT2D eigenvalue weighted by Gasteiger charge is -2.72. The van der Waals surface area contributed by atoms with E-state index in [1.807, 2.05) is 25.1 Å². The summed E-state index contributed by atoms with van der Waals surface area (Å²) >= 11 is 0. The van der Waals surface area contributed by atoms with E-state index in [0.717, 1.165) is 57.4 Å². The van der Waals surface area contributed by atoms with Crippen molar-refractivity contribution in [2.24, 2.45) is 62.6 Å². The molecule has 61 heavy (non-hydrogen) atoms. The van der Waals surface area contributed by atoms with Gasteiger partial charge in [-0.15, -0.1) is 0 Å². The number of nitrogens with one attached hydrogen (secondary N) is 1. The van der Waals surface area contributed by atoms with Crippen LogP contribution >= 0.6 is 0 Å². The molecule has 0 radical (unpaired) electrons. The first-order chi connectivity index (χ1) is 28.9. The molecule has 0 saturated heterocycles. The summed E-state index contributed by atoms with van der Waals surface area (Å²) in [7, 11) is 0. The van der Waals surface area contributed by atoms with Gasteiger partial charge < -0.3 is 19.9 Å². The van der Waals surface area contributed by atoms with E-state index in [2.05, 4.69) is 72.5 Å². The summed E-state index contributed by atoms with van der Waals surface area (Å²) in [6, 6.07) is 9.04. The highest BCUT2D eigenvalue weighted by atomic mass is 16.6. The molecule has 1 aromatic rings. The molecule has 0 unspecified atom stereocenters. The zero-order valence-electron chi connectivity index (χ0n) is 39.4. The molecular formula is C55H81NO5. The second-order valence-corrected chi connectivity index (χ2v) is 23.3. The van der Waals surface area contributed by atoms with Crippen LogP contribution in [-0.4, -0.2) is 47.9 Å². The fraction of sp³-hybridized carbons (Fsp3) is 0.745. The third-order valence-electron chi connectivity index (χ3n) is 20.1. The minimum Gasteiger partial charge on any atom is -0.465 e. The highest BCUT2D eigenvalue weighted by molar-refractivity contribution is 5.89. The highest BCUT2D eigenvalue weighted by Crippen LogP contribution is 2.76. The fourth-order valence-corrected chi connectivity index (χ4v) is 16.4. The van der Waals surface area contributed by atoms with Crippen LogP contribution in [0.4, 0.5) is 0 Å². The third-order valence-corrected chi connectivity index (χ3v) is 20.1. The molecule has 10 atom stereocenters. The van der Waals surface area contributed by atoms with E-state index in [1.54, 1.807) is 12.1 Å². The van der Waals surface area contributed by atoms with Gasteiger partial charge in [0.1, 0.15) is 12.0 Å². The van der Waals surface area contributed by atoms with Crippen LogP contribution in [0, 0.1) is 62.6 Å². The molecule has 7 aliphatic rings. The van der Waals surface area contributed by atoms with Crippen LogP contribution in [-0.2, 0) is 14.3 Å². The molecule has 2 N–H and O–H groups in total. The Morgan fingerprint density at radius 1 is 0.820 bits per heavy atom. The topological polar surface area (TPSA) is 84.9 Å². The summed E-state index contributed by atoms with van der Waals surface area (Å²) < 4.78 is 11.5. The van der Waals surface area contributed by atoms with Gasteiger partial charge in [-0.25, -0.2) is 4.79 Å². The summed E-state index contributed by atoms with van der Waals surface area (Å²) in [5.41, 5.74) is 4.29. The number of aliphatic hydroxyl groups is 1. The molecule has 6 nitrogen and oxygen atoms in total. The number of carbonyl (C=O) groups excluding carboxylic acids is 2. The number of rotatable bonds is 11. The summed E-state index contributed by atoms with van der Waals surface area (Å²) in [5, 5.41) is 15.8. The molecular weight excluding hydrogens is 755 g/mol. The lowest BCUT2D eigenvalue weighted by Crippen LogP contribution is -2.68. The predicted octanol–water partition coefficient (Wildman–Crippen LogP) is 12.4. The number of hydrogen-bond donors (Lipinski definition) is 2. The summed E-state index contributed by atoms with van der Waals surface area (Å²) in [4.78, 5) is 26.6. The molecule has 6 heteroatoms. The van der Waals surface area contributed by atoms with Gasteiger partial charge in [0.15, 0.2) is 0 Å². The average Bonchev–Trinajstić information content (AvgIpc) is 3.62. The molecule has 8 rings (SSSR count). The van der Waals surface area contributed by atoms with E-state index in [0.29, 0.717) is 54.6 Å². The number of fused-ring (bicyclic) bond motifs is 7. The molecule has 0 amide bonds. The maximum absolute atomic E-state index is 13.6. The standard InChI is InChI=1S/C55H81NO5/c1-10-60-48(58)53(36-61-47(57)40-14-12-11-13-15-40)27-20-39(21-28-53)42-23-25-50(7)44(49(42,5)6)24-26-52(9)45(50)17-16-43-46-41(37(2)3)22-31-55(46,33-32-51(43,52)8)56-35-34-54(59)29-18-38(4)19-30-54/h11-15,20,23,38,41,43-46,56,59H,2,10,16-19,21-22,24-36H2,1,3-9H3/t38-,41-,43+,44-,45+,46+,50-,51+,52+,53+,54+,55-/m0/s1. The minimum absolute atomic E-state index is 0.00417. The molecule has 336 valence electrons. The molecule has 0 aromatic heterocycles. The van der Waals surface area contributed by atoms with Crippen molar-refractivity contribution >= 4 is 11.9 Å². The Hall–Kier alpha value is -2.70. The summed E-state index contributed by atoms with van der Waals surface area (Å²) in [6.07, 6.45) is 23.2. The first-order valence-electron chi connectivity index (χ1n) is 24.8. The highest BCUT2D eigenvalue weighted by Gasteiger charge is 2.70. The van der Waals surface area contributed by atoms with Crippen LogP contribution in [0.3, 0.4) is 0 Å². The van der Waals surface area contributed by atoms with Crippen LogP contribution in [0.5, 0.6) is 0 Å². The van der Waals surface area contributed by atoms with Gasteiger partial charge in [-0.3, -0.25) is 4.79 Å². The fourth-order valence-electron chi connectivity index (χ4n) is 16.4. The van der Waals surface area contributed by atoms with Gasteiger partial charge in [-0.05, 0) is 210 Å². The van der Waals surface area contributed by atoms with Crippen LogP contribution in [0.25, 0.3) is 0 Å². The van der Waals surface area contributed by atoms with Crippen molar-refractivity contribution in [3.05, 3.63) is 71.3 Å². The van der Waals surface area contributed by atoms with Crippen molar-refractivity contribution in [1.29, 1.82) is 0 Å². The Balaban J connectivity index is 1.01. The van der Waals surface area contributed by atoms with Crippen molar-refractivity contribution in [3.8, 4) is 0 Å². The van der Waals surface area contributed by atoms with Gasteiger partial charge >= 0.3 is 11.9 Å². The normalized spacial score (nSPS) is 42.7. The second kappa shape index (κ2) is 16.4. The Morgan fingerprint density at radius 2 is 1.56 bits per heavy atom. The van der Waals surface area contributed by atoms with Crippen molar-refractivity contribution < 1.29 is 24.2 Å². The number of hydrogen-bond acceptors (Lipinski definition) is 6. The molecule has 0 spiro atoms. The van der Waals surface area contributed by atoms with Crippen LogP contribution in [0.1, 0.15) is 175 Å². The van der Waals surface area contributed by atoms with Crippen LogP contribution in [0.15, 0.2) is 65.8 Å². The van der Waals surface area contributed by atoms with E-state index >= 15 is 0 Å². The molecule has 5 fully saturated rings. The number of esters is 2. The van der Waals surface area contributed by atoms with E-state index < -0.39 is 17.0 Å². The van der Waals surface area contributed by atoms with Crippen LogP contribution < -0.4 is 5.32 Å². The first kappa shape index (κ1) is 44.9. The van der Waals surface area contributed by atoms with E-state index in [4.69, 9.17) is 9.47 Å². The monoisotopic (exact) mass is 836 g/mol. The van der Waals surface area contributed by atoms with Crippen LogP contribution in [0.2, 0.25) is 0 Å². The smallest absolute Gasteiger partial charge is 0.338 e. The average molecular weight is 836 g/mol. The van der Waals surface area contributed by atoms with Gasteiger partial charge in [-0.1, -0.05) is 84.0 Å². The molecule has 7 aliphatic carbocycles. The Kier molecular flexibility index (Phi) is 12.1. The van der Waals surface area contributed by atoms with Crippen molar-refractivity contribution in [3.63, 3.8) is 0 Å². The number of carbonyl (C=O) groups is 2. The van der Waals surface area contributed by atoms with Gasteiger partial charge in [0, 0.05) is 5.54 Å². The van der Waals surface area contributed by atoms with E-state index in [-0.39, 0.29) is 39.8 Å². The molecule has 0 bridgehead atoms. The largest absolute Gasteiger partial charge is 0.465 e. The maximum atomic E-state index is 13.6. The third kappa shape index (κ3) is 7.46. The van der Waals surface area contributed by atoms with E-state index in [1.165, 1.54) is 68.1 Å². The number of allylic oxidation sites excluding steroid dienone is 5. The minimum atomic E-state index is -0.872.